The van der Waals surface area contributed by atoms with Gasteiger partial charge >= 0.3 is 6.03 Å². The topological polar surface area (TPSA) is 70.7 Å². The Balaban J connectivity index is 1.40. The number of methoxy groups -OCH3 is 1. The molecule has 3 aromatic rings. The van der Waals surface area contributed by atoms with Gasteiger partial charge in [0.2, 0.25) is 5.91 Å². The predicted octanol–water partition coefficient (Wildman–Crippen LogP) is 4.41. The third kappa shape index (κ3) is 5.92. The number of nitrogens with zero attached hydrogens (tertiary/aromatic N) is 1. The second-order valence-electron chi connectivity index (χ2n) is 8.18. The Labute approximate surface area is 194 Å². The van der Waals surface area contributed by atoms with E-state index in [2.05, 4.69) is 10.6 Å². The van der Waals surface area contributed by atoms with Crippen molar-refractivity contribution in [2.45, 2.75) is 32.0 Å². The number of nitrogens with one attached hydrogen (secondary N) is 2. The minimum absolute atomic E-state index is 0.211. The molecule has 0 radical (unpaired) electrons. The average molecular weight is 444 g/mol. The van der Waals surface area contributed by atoms with Crippen molar-refractivity contribution >= 4 is 11.9 Å². The Hall–Kier alpha value is -3.80. The van der Waals surface area contributed by atoms with Gasteiger partial charge in [-0.2, -0.15) is 0 Å². The van der Waals surface area contributed by atoms with E-state index >= 15 is 0 Å². The largest absolute Gasteiger partial charge is 0.497 e. The van der Waals surface area contributed by atoms with Gasteiger partial charge in [-0.05, 0) is 40.8 Å². The standard InChI is InChI=1S/C27H29N3O3/c1-33-24-14-12-23(13-15-24)26(22-9-3-2-4-10-22)29-27(32)28-18-20-7-5-8-21(17-20)19-30-16-6-11-25(30)31/h2-5,7-10,12-15,17,26H,6,11,16,18-19H2,1H3,(H2,28,29,32). The molecule has 3 amide bonds. The fourth-order valence-electron chi connectivity index (χ4n) is 4.09. The van der Waals surface area contributed by atoms with Crippen LogP contribution in [0.4, 0.5) is 4.79 Å². The van der Waals surface area contributed by atoms with Gasteiger partial charge in [-0.25, -0.2) is 4.79 Å². The molecule has 3 aromatic carbocycles. The number of carbonyl (C=O) groups excluding carboxylic acids is 2. The molecule has 1 atom stereocenters. The van der Waals surface area contributed by atoms with Crippen LogP contribution in [0.15, 0.2) is 78.9 Å². The molecule has 170 valence electrons. The molecular weight excluding hydrogens is 414 g/mol. The summed E-state index contributed by atoms with van der Waals surface area (Å²) in [5, 5.41) is 6.06. The molecule has 2 N–H and O–H groups in total. The summed E-state index contributed by atoms with van der Waals surface area (Å²) in [5.41, 5.74) is 4.03. The first-order chi connectivity index (χ1) is 16.1. The number of carbonyl (C=O) groups is 2. The van der Waals surface area contributed by atoms with Crippen molar-refractivity contribution in [2.75, 3.05) is 13.7 Å². The SMILES string of the molecule is COc1ccc(C(NC(=O)NCc2cccc(CN3CCCC3=O)c2)c2ccccc2)cc1. The van der Waals surface area contributed by atoms with Crippen LogP contribution in [0.3, 0.4) is 0 Å². The maximum atomic E-state index is 12.8. The minimum Gasteiger partial charge on any atom is -0.497 e. The number of benzene rings is 3. The van der Waals surface area contributed by atoms with Gasteiger partial charge in [0.15, 0.2) is 0 Å². The van der Waals surface area contributed by atoms with Crippen LogP contribution >= 0.6 is 0 Å². The first-order valence-electron chi connectivity index (χ1n) is 11.2. The average Bonchev–Trinajstić information content (AvgIpc) is 3.26. The zero-order valence-electron chi connectivity index (χ0n) is 18.8. The molecule has 4 rings (SSSR count). The highest BCUT2D eigenvalue weighted by atomic mass is 16.5. The maximum absolute atomic E-state index is 12.8. The van der Waals surface area contributed by atoms with Crippen molar-refractivity contribution in [3.63, 3.8) is 0 Å². The molecule has 1 aliphatic heterocycles. The fourth-order valence-corrected chi connectivity index (χ4v) is 4.09. The molecule has 33 heavy (non-hydrogen) atoms. The number of likely N-dealkylation sites (tertiary alicyclic amines) is 1. The number of amides is 3. The Kier molecular flexibility index (Phi) is 7.25. The van der Waals surface area contributed by atoms with Gasteiger partial charge in [0, 0.05) is 26.1 Å². The molecule has 1 heterocycles. The number of hydrogen-bond acceptors (Lipinski definition) is 3. The number of ether oxygens (including phenoxy) is 1. The molecule has 0 aliphatic carbocycles. The molecule has 1 unspecified atom stereocenters. The molecular formula is C27H29N3O3. The molecule has 6 nitrogen and oxygen atoms in total. The van der Waals surface area contributed by atoms with E-state index in [1.54, 1.807) is 7.11 Å². The second-order valence-corrected chi connectivity index (χ2v) is 8.18. The van der Waals surface area contributed by atoms with Crippen LogP contribution in [0.2, 0.25) is 0 Å². The van der Waals surface area contributed by atoms with Gasteiger partial charge in [0.1, 0.15) is 5.75 Å². The molecule has 1 fully saturated rings. The smallest absolute Gasteiger partial charge is 0.315 e. The van der Waals surface area contributed by atoms with E-state index in [0.717, 1.165) is 41.0 Å². The molecule has 0 bridgehead atoms. The molecule has 0 aromatic heterocycles. The lowest BCUT2D eigenvalue weighted by molar-refractivity contribution is -0.128. The van der Waals surface area contributed by atoms with Crippen LogP contribution in [0.25, 0.3) is 0 Å². The van der Waals surface area contributed by atoms with Gasteiger partial charge < -0.3 is 20.3 Å². The van der Waals surface area contributed by atoms with Crippen molar-refractivity contribution in [1.82, 2.24) is 15.5 Å². The van der Waals surface area contributed by atoms with Gasteiger partial charge in [-0.3, -0.25) is 4.79 Å². The first-order valence-corrected chi connectivity index (χ1v) is 11.2. The van der Waals surface area contributed by atoms with Crippen LogP contribution in [0.5, 0.6) is 5.75 Å². The zero-order valence-corrected chi connectivity index (χ0v) is 18.8. The Morgan fingerprint density at radius 1 is 0.970 bits per heavy atom. The van der Waals surface area contributed by atoms with E-state index in [-0.39, 0.29) is 18.0 Å². The monoisotopic (exact) mass is 443 g/mol. The predicted molar refractivity (Wildman–Crippen MR) is 128 cm³/mol. The summed E-state index contributed by atoms with van der Waals surface area (Å²) in [4.78, 5) is 26.6. The summed E-state index contributed by atoms with van der Waals surface area (Å²) in [6, 6.07) is 25.0. The van der Waals surface area contributed by atoms with E-state index in [4.69, 9.17) is 4.74 Å². The normalized spacial score (nSPS) is 14.1. The highest BCUT2D eigenvalue weighted by molar-refractivity contribution is 5.78. The van der Waals surface area contributed by atoms with E-state index in [0.29, 0.717) is 19.5 Å². The van der Waals surface area contributed by atoms with Gasteiger partial charge in [-0.15, -0.1) is 0 Å². The minimum atomic E-state index is -0.287. The van der Waals surface area contributed by atoms with Crippen molar-refractivity contribution in [1.29, 1.82) is 0 Å². The molecule has 0 saturated carbocycles. The van der Waals surface area contributed by atoms with Crippen LogP contribution in [-0.4, -0.2) is 30.5 Å². The third-order valence-electron chi connectivity index (χ3n) is 5.85. The zero-order chi connectivity index (χ0) is 23.0. The Morgan fingerprint density at radius 3 is 2.39 bits per heavy atom. The van der Waals surface area contributed by atoms with Gasteiger partial charge in [0.05, 0.1) is 13.2 Å². The number of hydrogen-bond donors (Lipinski definition) is 2. The summed E-state index contributed by atoms with van der Waals surface area (Å²) in [7, 11) is 1.63. The Bertz CT molecular complexity index is 1080. The molecule has 1 saturated heterocycles. The van der Waals surface area contributed by atoms with E-state index in [1.165, 1.54) is 0 Å². The van der Waals surface area contributed by atoms with Crippen LogP contribution in [-0.2, 0) is 17.9 Å². The summed E-state index contributed by atoms with van der Waals surface area (Å²) in [6.45, 7) is 1.83. The number of rotatable bonds is 8. The lowest BCUT2D eigenvalue weighted by Gasteiger charge is -2.21. The van der Waals surface area contributed by atoms with Crippen molar-refractivity contribution < 1.29 is 14.3 Å². The van der Waals surface area contributed by atoms with Gasteiger partial charge in [-0.1, -0.05) is 66.7 Å². The van der Waals surface area contributed by atoms with Crippen molar-refractivity contribution in [3.05, 3.63) is 101 Å². The van der Waals surface area contributed by atoms with E-state index in [9.17, 15) is 9.59 Å². The Morgan fingerprint density at radius 2 is 1.70 bits per heavy atom. The molecule has 0 spiro atoms. The van der Waals surface area contributed by atoms with E-state index < -0.39 is 0 Å². The summed E-state index contributed by atoms with van der Waals surface area (Å²) >= 11 is 0. The van der Waals surface area contributed by atoms with Crippen LogP contribution in [0.1, 0.15) is 41.1 Å². The van der Waals surface area contributed by atoms with Crippen molar-refractivity contribution in [2.24, 2.45) is 0 Å². The van der Waals surface area contributed by atoms with E-state index in [1.807, 2.05) is 83.8 Å². The highest BCUT2D eigenvalue weighted by Crippen LogP contribution is 2.24. The third-order valence-corrected chi connectivity index (χ3v) is 5.85. The second kappa shape index (κ2) is 10.7. The van der Waals surface area contributed by atoms with Crippen LogP contribution in [0, 0.1) is 0 Å². The van der Waals surface area contributed by atoms with Gasteiger partial charge in [0.25, 0.3) is 0 Å². The number of urea groups is 1. The summed E-state index contributed by atoms with van der Waals surface area (Å²) in [5.74, 6) is 0.980. The lowest BCUT2D eigenvalue weighted by Crippen LogP contribution is -2.38. The fraction of sp³-hybridized carbons (Fsp3) is 0.259. The summed E-state index contributed by atoms with van der Waals surface area (Å²) < 4.78 is 5.26. The maximum Gasteiger partial charge on any atom is 0.315 e. The molecule has 6 heteroatoms. The quantitative estimate of drug-likeness (QED) is 0.542. The first kappa shape index (κ1) is 22.4. The molecule has 1 aliphatic rings. The lowest BCUT2D eigenvalue weighted by atomic mass is 9.99. The highest BCUT2D eigenvalue weighted by Gasteiger charge is 2.20. The summed E-state index contributed by atoms with van der Waals surface area (Å²) in [6.07, 6.45) is 1.56. The van der Waals surface area contributed by atoms with Crippen molar-refractivity contribution in [3.8, 4) is 5.75 Å². The van der Waals surface area contributed by atoms with Crippen LogP contribution < -0.4 is 15.4 Å².